The predicted octanol–water partition coefficient (Wildman–Crippen LogP) is 3.98. The van der Waals surface area contributed by atoms with Crippen LogP contribution in [0.5, 0.6) is 0 Å². The van der Waals surface area contributed by atoms with Crippen LogP contribution in [0.2, 0.25) is 15.1 Å². The van der Waals surface area contributed by atoms with Gasteiger partial charge >= 0.3 is 12.0 Å². The largest absolute Gasteiger partial charge is 0.481 e. The van der Waals surface area contributed by atoms with Crippen molar-refractivity contribution in [2.75, 3.05) is 18.4 Å². The van der Waals surface area contributed by atoms with Gasteiger partial charge in [-0.2, -0.15) is 0 Å². The fourth-order valence-corrected chi connectivity index (χ4v) is 3.07. The van der Waals surface area contributed by atoms with Crippen molar-refractivity contribution < 1.29 is 14.7 Å². The van der Waals surface area contributed by atoms with Crippen LogP contribution in [0.3, 0.4) is 0 Å². The summed E-state index contributed by atoms with van der Waals surface area (Å²) in [5, 5.41) is 12.6. The van der Waals surface area contributed by atoms with Gasteiger partial charge in [0, 0.05) is 18.1 Å². The Kier molecular flexibility index (Phi) is 4.56. The standard InChI is InChI=1S/C13H13Cl3N2O3/c1-13(11(19)20)2-3-18(6-13)12(21)17-10-8(15)4-7(14)5-9(10)16/h4-5H,2-3,6H2,1H3,(H,17,21)(H,19,20). The molecule has 0 bridgehead atoms. The number of nitrogens with zero attached hydrogens (tertiary/aromatic N) is 1. The van der Waals surface area contributed by atoms with Crippen LogP contribution in [-0.4, -0.2) is 35.1 Å². The van der Waals surface area contributed by atoms with E-state index in [1.165, 1.54) is 17.0 Å². The topological polar surface area (TPSA) is 69.6 Å². The molecule has 0 saturated carbocycles. The summed E-state index contributed by atoms with van der Waals surface area (Å²) in [5.41, 5.74) is -0.665. The van der Waals surface area contributed by atoms with E-state index in [1.54, 1.807) is 6.92 Å². The molecule has 2 N–H and O–H groups in total. The van der Waals surface area contributed by atoms with Crippen LogP contribution in [0.4, 0.5) is 10.5 Å². The number of carbonyl (C=O) groups excluding carboxylic acids is 1. The van der Waals surface area contributed by atoms with E-state index in [1.807, 2.05) is 0 Å². The van der Waals surface area contributed by atoms with Crippen LogP contribution in [-0.2, 0) is 4.79 Å². The quantitative estimate of drug-likeness (QED) is 0.847. The van der Waals surface area contributed by atoms with Crippen molar-refractivity contribution in [3.8, 4) is 0 Å². The molecule has 0 spiro atoms. The van der Waals surface area contributed by atoms with Crippen molar-refractivity contribution >= 4 is 52.5 Å². The van der Waals surface area contributed by atoms with Crippen LogP contribution in [0, 0.1) is 5.41 Å². The van der Waals surface area contributed by atoms with Crippen molar-refractivity contribution in [2.24, 2.45) is 5.41 Å². The van der Waals surface area contributed by atoms with E-state index >= 15 is 0 Å². The van der Waals surface area contributed by atoms with Gasteiger partial charge in [0.25, 0.3) is 0 Å². The number of urea groups is 1. The zero-order valence-electron chi connectivity index (χ0n) is 11.1. The molecular formula is C13H13Cl3N2O3. The van der Waals surface area contributed by atoms with Gasteiger partial charge in [-0.15, -0.1) is 0 Å². The lowest BCUT2D eigenvalue weighted by atomic mass is 9.90. The van der Waals surface area contributed by atoms with Crippen LogP contribution in [0.15, 0.2) is 12.1 Å². The minimum Gasteiger partial charge on any atom is -0.481 e. The molecule has 1 aromatic rings. The van der Waals surface area contributed by atoms with Gasteiger partial charge in [-0.25, -0.2) is 4.79 Å². The van der Waals surface area contributed by atoms with E-state index < -0.39 is 17.4 Å². The molecule has 1 aliphatic heterocycles. The lowest BCUT2D eigenvalue weighted by molar-refractivity contribution is -0.146. The van der Waals surface area contributed by atoms with Crippen LogP contribution < -0.4 is 5.32 Å². The highest BCUT2D eigenvalue weighted by Gasteiger charge is 2.42. The maximum atomic E-state index is 12.2. The normalized spacial score (nSPS) is 21.4. The summed E-state index contributed by atoms with van der Waals surface area (Å²) in [5.74, 6) is -0.916. The number of carboxylic acid groups (broad SMARTS) is 1. The van der Waals surface area contributed by atoms with Crippen molar-refractivity contribution in [3.63, 3.8) is 0 Å². The molecule has 2 rings (SSSR count). The van der Waals surface area contributed by atoms with Crippen LogP contribution >= 0.6 is 34.8 Å². The number of amides is 2. The third-order valence-corrected chi connectivity index (χ3v) is 4.33. The zero-order valence-corrected chi connectivity index (χ0v) is 13.4. The highest BCUT2D eigenvalue weighted by molar-refractivity contribution is 6.42. The Morgan fingerprint density at radius 1 is 1.29 bits per heavy atom. The number of rotatable bonds is 2. The smallest absolute Gasteiger partial charge is 0.321 e. The lowest BCUT2D eigenvalue weighted by Gasteiger charge is -2.21. The molecule has 1 aliphatic rings. The number of aliphatic carboxylic acids is 1. The summed E-state index contributed by atoms with van der Waals surface area (Å²) in [7, 11) is 0. The molecule has 1 fully saturated rings. The minimum atomic E-state index is -0.926. The fourth-order valence-electron chi connectivity index (χ4n) is 2.16. The second-order valence-electron chi connectivity index (χ2n) is 5.21. The highest BCUT2D eigenvalue weighted by Crippen LogP contribution is 2.35. The first kappa shape index (κ1) is 16.2. The number of carboxylic acids is 1. The second-order valence-corrected chi connectivity index (χ2v) is 6.46. The van der Waals surface area contributed by atoms with E-state index in [0.717, 1.165) is 0 Å². The number of nitrogens with one attached hydrogen (secondary N) is 1. The summed E-state index contributed by atoms with van der Waals surface area (Å²) in [6.07, 6.45) is 0.401. The molecule has 1 atom stereocenters. The number of hydrogen-bond acceptors (Lipinski definition) is 2. The van der Waals surface area contributed by atoms with Crippen molar-refractivity contribution in [1.82, 2.24) is 4.90 Å². The number of likely N-dealkylation sites (tertiary alicyclic amines) is 1. The summed E-state index contributed by atoms with van der Waals surface area (Å²) in [6.45, 7) is 2.11. The minimum absolute atomic E-state index is 0.136. The van der Waals surface area contributed by atoms with Gasteiger partial charge in [0.15, 0.2) is 0 Å². The average molecular weight is 352 g/mol. The number of benzene rings is 1. The average Bonchev–Trinajstić information content (AvgIpc) is 2.78. The Morgan fingerprint density at radius 2 is 1.86 bits per heavy atom. The zero-order chi connectivity index (χ0) is 15.8. The summed E-state index contributed by atoms with van der Waals surface area (Å²) >= 11 is 17.8. The second kappa shape index (κ2) is 5.91. The summed E-state index contributed by atoms with van der Waals surface area (Å²) in [4.78, 5) is 24.8. The molecule has 0 aromatic heterocycles. The first-order valence-corrected chi connectivity index (χ1v) is 7.30. The van der Waals surface area contributed by atoms with E-state index in [0.29, 0.717) is 18.0 Å². The molecule has 0 radical (unpaired) electrons. The number of halogens is 3. The number of anilines is 1. The molecule has 21 heavy (non-hydrogen) atoms. The highest BCUT2D eigenvalue weighted by atomic mass is 35.5. The summed E-state index contributed by atoms with van der Waals surface area (Å²) < 4.78 is 0. The predicted molar refractivity (Wildman–Crippen MR) is 82.4 cm³/mol. The van der Waals surface area contributed by atoms with Gasteiger partial charge in [0.05, 0.1) is 21.1 Å². The van der Waals surface area contributed by atoms with E-state index in [4.69, 9.17) is 39.9 Å². The Bertz CT molecular complexity index is 585. The van der Waals surface area contributed by atoms with Gasteiger partial charge in [0.2, 0.25) is 0 Å². The fraction of sp³-hybridized carbons (Fsp3) is 0.385. The van der Waals surface area contributed by atoms with Crippen molar-refractivity contribution in [3.05, 3.63) is 27.2 Å². The van der Waals surface area contributed by atoms with E-state index in [-0.39, 0.29) is 22.3 Å². The molecule has 1 saturated heterocycles. The first-order chi connectivity index (χ1) is 9.73. The van der Waals surface area contributed by atoms with Gasteiger partial charge in [-0.05, 0) is 25.5 Å². The third kappa shape index (κ3) is 3.36. The third-order valence-electron chi connectivity index (χ3n) is 3.52. The van der Waals surface area contributed by atoms with Crippen LogP contribution in [0.1, 0.15) is 13.3 Å². The van der Waals surface area contributed by atoms with Gasteiger partial charge in [-0.1, -0.05) is 34.8 Å². The molecule has 1 aromatic carbocycles. The monoisotopic (exact) mass is 350 g/mol. The molecule has 114 valence electrons. The Morgan fingerprint density at radius 3 is 2.33 bits per heavy atom. The first-order valence-electron chi connectivity index (χ1n) is 6.17. The van der Waals surface area contributed by atoms with Crippen molar-refractivity contribution in [1.29, 1.82) is 0 Å². The maximum Gasteiger partial charge on any atom is 0.321 e. The lowest BCUT2D eigenvalue weighted by Crippen LogP contribution is -2.37. The molecule has 2 amide bonds. The number of hydrogen-bond donors (Lipinski definition) is 2. The molecular weight excluding hydrogens is 339 g/mol. The van der Waals surface area contributed by atoms with Crippen LogP contribution in [0.25, 0.3) is 0 Å². The maximum absolute atomic E-state index is 12.2. The molecule has 1 heterocycles. The van der Waals surface area contributed by atoms with E-state index in [2.05, 4.69) is 5.32 Å². The molecule has 8 heteroatoms. The van der Waals surface area contributed by atoms with Gasteiger partial charge in [0.1, 0.15) is 0 Å². The van der Waals surface area contributed by atoms with E-state index in [9.17, 15) is 9.59 Å². The Labute approximate surface area is 136 Å². The Balaban J connectivity index is 2.12. The molecule has 1 unspecified atom stereocenters. The van der Waals surface area contributed by atoms with Gasteiger partial charge < -0.3 is 15.3 Å². The molecule has 0 aliphatic carbocycles. The van der Waals surface area contributed by atoms with Gasteiger partial charge in [-0.3, -0.25) is 4.79 Å². The number of carbonyl (C=O) groups is 2. The summed E-state index contributed by atoms with van der Waals surface area (Å²) in [6, 6.07) is 2.50. The molecule has 5 nitrogen and oxygen atoms in total. The van der Waals surface area contributed by atoms with Crippen molar-refractivity contribution in [2.45, 2.75) is 13.3 Å². The Hall–Kier alpha value is -1.17. The SMILES string of the molecule is CC1(C(=O)O)CCN(C(=O)Nc2c(Cl)cc(Cl)cc2Cl)C1.